The van der Waals surface area contributed by atoms with Crippen LogP contribution in [0.25, 0.3) is 105 Å². The van der Waals surface area contributed by atoms with Crippen molar-refractivity contribution in [1.82, 2.24) is 13.7 Å². The normalized spacial score (nSPS) is 12.9. The van der Waals surface area contributed by atoms with E-state index in [1.54, 1.807) is 0 Å². The van der Waals surface area contributed by atoms with Crippen LogP contribution in [0.3, 0.4) is 0 Å². The largest absolute Gasteiger partial charge is 0.307 e. The Balaban J connectivity index is 1.36. The Morgan fingerprint density at radius 2 is 0.800 bits per heavy atom. The third-order valence-electron chi connectivity index (χ3n) is 14.2. The van der Waals surface area contributed by atoms with E-state index in [9.17, 15) is 10.5 Å². The number of rotatable bonds is 4. The number of para-hydroxylation sites is 5. The molecule has 0 unspecified atom stereocenters. The van der Waals surface area contributed by atoms with Crippen molar-refractivity contribution >= 4 is 65.4 Å². The highest BCUT2D eigenvalue weighted by atomic mass is 15.1. The lowest BCUT2D eigenvalue weighted by Crippen LogP contribution is -2.15. The Labute approximate surface area is 375 Å². The van der Waals surface area contributed by atoms with E-state index in [0.717, 1.165) is 99.0 Å². The number of hydrogen-bond acceptors (Lipinski definition) is 2. The molecule has 13 rings (SSSR count). The summed E-state index contributed by atoms with van der Waals surface area (Å²) in [7, 11) is 0. The molecule has 0 fully saturated rings. The molecule has 3 heterocycles. The maximum Gasteiger partial charge on any atom is 0.104 e. The molecule has 0 amide bonds. The Bertz CT molecular complexity index is 3860. The van der Waals surface area contributed by atoms with Crippen molar-refractivity contribution in [2.24, 2.45) is 0 Å². The average Bonchev–Trinajstić information content (AvgIpc) is 4.04. The minimum atomic E-state index is -0.283. The average molecular weight is 830 g/mol. The van der Waals surface area contributed by atoms with Crippen molar-refractivity contribution < 1.29 is 0 Å². The summed E-state index contributed by atoms with van der Waals surface area (Å²) < 4.78 is 6.85. The fraction of sp³-hybridized carbons (Fsp3) is 0.0667. The summed E-state index contributed by atoms with van der Waals surface area (Å²) in [5.74, 6) is 0. The maximum atomic E-state index is 12.2. The summed E-state index contributed by atoms with van der Waals surface area (Å²) in [6, 6.07) is 69.8. The first-order chi connectivity index (χ1) is 31.9. The van der Waals surface area contributed by atoms with Gasteiger partial charge < -0.3 is 13.7 Å². The van der Waals surface area contributed by atoms with Crippen molar-refractivity contribution in [3.63, 3.8) is 0 Å². The second-order valence-corrected chi connectivity index (χ2v) is 17.9. The second kappa shape index (κ2) is 13.4. The van der Waals surface area contributed by atoms with Gasteiger partial charge in [-0.15, -0.1) is 0 Å². The molecule has 0 bridgehead atoms. The Hall–Kier alpha value is -8.64. The van der Waals surface area contributed by atoms with Crippen molar-refractivity contribution in [2.75, 3.05) is 0 Å². The molecular weight excluding hydrogens is 791 g/mol. The van der Waals surface area contributed by atoms with Crippen LogP contribution in [-0.4, -0.2) is 13.7 Å². The molecule has 0 N–H and O–H groups in total. The number of fused-ring (bicyclic) bond motifs is 13. The molecule has 0 aliphatic heterocycles. The van der Waals surface area contributed by atoms with Gasteiger partial charge in [0.25, 0.3) is 0 Å². The summed E-state index contributed by atoms with van der Waals surface area (Å²) in [6.45, 7) is 6.69. The zero-order valence-electron chi connectivity index (χ0n) is 36.1. The molecule has 0 radical (unpaired) electrons. The summed E-state index contributed by atoms with van der Waals surface area (Å²) in [5.41, 5.74) is 15.9. The Morgan fingerprint density at radius 1 is 0.385 bits per heavy atom. The van der Waals surface area contributed by atoms with Crippen LogP contribution >= 0.6 is 0 Å². The van der Waals surface area contributed by atoms with E-state index in [1.165, 1.54) is 16.7 Å². The molecule has 9 aromatic carbocycles. The molecule has 0 spiro atoms. The van der Waals surface area contributed by atoms with Gasteiger partial charge in [-0.1, -0.05) is 171 Å². The quantitative estimate of drug-likeness (QED) is 0.177. The molecule has 12 aromatic rings. The smallest absolute Gasteiger partial charge is 0.104 e. The lowest BCUT2D eigenvalue weighted by Gasteiger charge is -2.26. The second-order valence-electron chi connectivity index (χ2n) is 17.9. The molecule has 5 heteroatoms. The van der Waals surface area contributed by atoms with E-state index in [2.05, 4.69) is 229 Å². The molecular formula is C60H39N5. The molecule has 5 nitrogen and oxygen atoms in total. The predicted molar refractivity (Wildman–Crippen MR) is 267 cm³/mol. The number of nitrogens with zero attached hydrogens (tertiary/aromatic N) is 5. The first-order valence-electron chi connectivity index (χ1n) is 22.2. The monoisotopic (exact) mass is 829 g/mol. The van der Waals surface area contributed by atoms with Crippen molar-refractivity contribution in [1.29, 1.82) is 10.5 Å². The molecule has 0 saturated heterocycles. The van der Waals surface area contributed by atoms with E-state index in [4.69, 9.17) is 0 Å². The van der Waals surface area contributed by atoms with Gasteiger partial charge in [-0.25, -0.2) is 0 Å². The van der Waals surface area contributed by atoms with Crippen LogP contribution in [-0.2, 0) is 5.41 Å². The molecule has 1 aliphatic rings. The highest BCUT2D eigenvalue weighted by Crippen LogP contribution is 2.54. The van der Waals surface area contributed by atoms with E-state index in [0.29, 0.717) is 16.8 Å². The minimum Gasteiger partial charge on any atom is -0.307 e. The van der Waals surface area contributed by atoms with Gasteiger partial charge in [-0.3, -0.25) is 0 Å². The van der Waals surface area contributed by atoms with Crippen molar-refractivity contribution in [3.8, 4) is 51.5 Å². The topological polar surface area (TPSA) is 62.4 Å². The van der Waals surface area contributed by atoms with Gasteiger partial charge in [0, 0.05) is 48.9 Å². The van der Waals surface area contributed by atoms with E-state index < -0.39 is 0 Å². The predicted octanol–water partition coefficient (Wildman–Crippen LogP) is 15.0. The van der Waals surface area contributed by atoms with Gasteiger partial charge >= 0.3 is 0 Å². The Morgan fingerprint density at radius 3 is 1.28 bits per heavy atom. The van der Waals surface area contributed by atoms with Crippen LogP contribution in [0.4, 0.5) is 0 Å². The zero-order valence-corrected chi connectivity index (χ0v) is 36.1. The van der Waals surface area contributed by atoms with Crippen LogP contribution in [0, 0.1) is 29.6 Å². The van der Waals surface area contributed by atoms with E-state index >= 15 is 0 Å². The molecule has 0 saturated carbocycles. The van der Waals surface area contributed by atoms with Gasteiger partial charge in [0.2, 0.25) is 0 Å². The van der Waals surface area contributed by atoms with Crippen LogP contribution in [0.2, 0.25) is 0 Å². The fourth-order valence-electron chi connectivity index (χ4n) is 11.4. The molecule has 0 atom stereocenters. The zero-order chi connectivity index (χ0) is 43.7. The number of aryl methyl sites for hydroxylation is 1. The molecule has 304 valence electrons. The summed E-state index contributed by atoms with van der Waals surface area (Å²) in [4.78, 5) is 0. The highest BCUT2D eigenvalue weighted by Gasteiger charge is 2.39. The van der Waals surface area contributed by atoms with Crippen LogP contribution in [0.15, 0.2) is 182 Å². The van der Waals surface area contributed by atoms with E-state index in [-0.39, 0.29) is 5.41 Å². The van der Waals surface area contributed by atoms with Crippen LogP contribution in [0.5, 0.6) is 0 Å². The SMILES string of the molecule is Cc1ccc(-c2c(-n3c4ccccc4c4ccccc43)c(C#N)c(-n3c4ccccc4c4ccc5c(c43)-c3ccccc3C5(C)C)c(C#N)c2-n2c3ccccc3c3ccccc32)cc1. The van der Waals surface area contributed by atoms with Crippen molar-refractivity contribution in [3.05, 3.63) is 210 Å². The van der Waals surface area contributed by atoms with E-state index in [1.807, 2.05) is 0 Å². The number of nitriles is 2. The highest BCUT2D eigenvalue weighted by molar-refractivity contribution is 6.17. The summed E-state index contributed by atoms with van der Waals surface area (Å²) in [6.07, 6.45) is 0. The van der Waals surface area contributed by atoms with Crippen molar-refractivity contribution in [2.45, 2.75) is 26.2 Å². The first-order valence-corrected chi connectivity index (χ1v) is 22.2. The van der Waals surface area contributed by atoms with Crippen LogP contribution in [0.1, 0.15) is 41.7 Å². The van der Waals surface area contributed by atoms with Gasteiger partial charge in [-0.05, 0) is 59.5 Å². The van der Waals surface area contributed by atoms with Crippen LogP contribution < -0.4 is 0 Å². The third-order valence-corrected chi connectivity index (χ3v) is 14.2. The van der Waals surface area contributed by atoms with Gasteiger partial charge in [0.15, 0.2) is 0 Å². The molecule has 3 aromatic heterocycles. The summed E-state index contributed by atoms with van der Waals surface area (Å²) in [5, 5.41) is 30.9. The minimum absolute atomic E-state index is 0.283. The first kappa shape index (κ1) is 37.0. The van der Waals surface area contributed by atoms with Gasteiger partial charge in [-0.2, -0.15) is 10.5 Å². The lowest BCUT2D eigenvalue weighted by atomic mass is 9.82. The third kappa shape index (κ3) is 4.85. The number of aromatic nitrogens is 3. The maximum absolute atomic E-state index is 12.2. The molecule has 65 heavy (non-hydrogen) atoms. The molecule has 1 aliphatic carbocycles. The number of benzene rings is 9. The van der Waals surface area contributed by atoms with Gasteiger partial charge in [0.1, 0.15) is 23.3 Å². The number of hydrogen-bond donors (Lipinski definition) is 0. The fourth-order valence-corrected chi connectivity index (χ4v) is 11.4. The summed E-state index contributed by atoms with van der Waals surface area (Å²) >= 11 is 0. The Kier molecular flexibility index (Phi) is 7.64. The standard InChI is InChI=1S/C60H39N5/c1-36-28-30-37(31-29-36)54-58(63-49-23-11-5-16-38(49)39-17-6-12-24-50(39)63)45(34-61)56(46(35-62)59(54)64-51-25-13-7-18-40(51)41-19-8-14-26-52(41)64)65-53-27-15-9-20-42(53)43-32-33-48-55(57(43)65)44-21-4-10-22-47(44)60(48,2)3/h4-33H,1-3H3. The lowest BCUT2D eigenvalue weighted by molar-refractivity contribution is 0.661. The van der Waals surface area contributed by atoms with Gasteiger partial charge in [0.05, 0.1) is 50.2 Å².